The van der Waals surface area contributed by atoms with E-state index in [1.165, 1.54) is 19.3 Å². The molecule has 0 bridgehead atoms. The van der Waals surface area contributed by atoms with Crippen LogP contribution < -0.4 is 0 Å². The van der Waals surface area contributed by atoms with Crippen LogP contribution in [0.5, 0.6) is 0 Å². The Labute approximate surface area is 77.3 Å². The Balaban J connectivity index is 2.24. The number of hydrogen-bond donors (Lipinski definition) is 1. The van der Waals surface area contributed by atoms with Gasteiger partial charge in [-0.25, -0.2) is 0 Å². The van der Waals surface area contributed by atoms with Crippen LogP contribution in [0.4, 0.5) is 0 Å². The van der Waals surface area contributed by atoms with Crippen LogP contribution in [-0.2, 0) is 4.79 Å². The fourth-order valence-electron chi connectivity index (χ4n) is 1.45. The molecule has 1 N–H and O–H groups in total. The number of nitrogens with zero attached hydrogens (tertiary/aromatic N) is 1. The highest BCUT2D eigenvalue weighted by molar-refractivity contribution is 6.29. The van der Waals surface area contributed by atoms with Crippen molar-refractivity contribution >= 4 is 17.6 Å². The SMILES string of the molecule is O=C(O)C(Cl)CN1CCCCC1. The number of carboxylic acids is 1. The summed E-state index contributed by atoms with van der Waals surface area (Å²) in [6.07, 6.45) is 3.60. The highest BCUT2D eigenvalue weighted by Crippen LogP contribution is 2.10. The van der Waals surface area contributed by atoms with Crippen LogP contribution >= 0.6 is 11.6 Å². The van der Waals surface area contributed by atoms with Gasteiger partial charge in [0.15, 0.2) is 0 Å². The minimum Gasteiger partial charge on any atom is -0.480 e. The quantitative estimate of drug-likeness (QED) is 0.681. The monoisotopic (exact) mass is 191 g/mol. The summed E-state index contributed by atoms with van der Waals surface area (Å²) < 4.78 is 0. The molecule has 12 heavy (non-hydrogen) atoms. The van der Waals surface area contributed by atoms with E-state index in [1.807, 2.05) is 0 Å². The maximum absolute atomic E-state index is 10.4. The Kier molecular flexibility index (Phi) is 3.82. The summed E-state index contributed by atoms with van der Waals surface area (Å²) in [6, 6.07) is 0. The molecule has 0 saturated carbocycles. The van der Waals surface area contributed by atoms with Gasteiger partial charge in [-0.05, 0) is 25.9 Å². The van der Waals surface area contributed by atoms with Crippen molar-refractivity contribution in [3.63, 3.8) is 0 Å². The average molecular weight is 192 g/mol. The summed E-state index contributed by atoms with van der Waals surface area (Å²) in [5.41, 5.74) is 0. The molecule has 1 saturated heterocycles. The van der Waals surface area contributed by atoms with E-state index in [2.05, 4.69) is 4.90 Å². The Hall–Kier alpha value is -0.280. The van der Waals surface area contributed by atoms with Crippen LogP contribution in [0.2, 0.25) is 0 Å². The molecule has 0 aromatic carbocycles. The van der Waals surface area contributed by atoms with Crippen molar-refractivity contribution in [2.24, 2.45) is 0 Å². The Morgan fingerprint density at radius 3 is 2.50 bits per heavy atom. The number of halogens is 1. The fourth-order valence-corrected chi connectivity index (χ4v) is 1.64. The third-order valence-electron chi connectivity index (χ3n) is 2.14. The van der Waals surface area contributed by atoms with Gasteiger partial charge in [0.25, 0.3) is 0 Å². The van der Waals surface area contributed by atoms with Gasteiger partial charge in [0.05, 0.1) is 0 Å². The zero-order chi connectivity index (χ0) is 8.97. The van der Waals surface area contributed by atoms with Gasteiger partial charge in [-0.3, -0.25) is 4.79 Å². The highest BCUT2D eigenvalue weighted by atomic mass is 35.5. The molecule has 1 rings (SSSR count). The lowest BCUT2D eigenvalue weighted by molar-refractivity contribution is -0.137. The number of likely N-dealkylation sites (tertiary alicyclic amines) is 1. The predicted octanol–water partition coefficient (Wildman–Crippen LogP) is 1.16. The lowest BCUT2D eigenvalue weighted by atomic mass is 10.1. The summed E-state index contributed by atoms with van der Waals surface area (Å²) in [6.45, 7) is 2.48. The van der Waals surface area contributed by atoms with Gasteiger partial charge >= 0.3 is 5.97 Å². The van der Waals surface area contributed by atoms with Crippen molar-refractivity contribution in [1.29, 1.82) is 0 Å². The topological polar surface area (TPSA) is 40.5 Å². The molecular weight excluding hydrogens is 178 g/mol. The summed E-state index contributed by atoms with van der Waals surface area (Å²) >= 11 is 5.61. The number of rotatable bonds is 3. The van der Waals surface area contributed by atoms with Crippen LogP contribution in [0.15, 0.2) is 0 Å². The number of piperidine rings is 1. The van der Waals surface area contributed by atoms with Crippen LogP contribution in [-0.4, -0.2) is 41.0 Å². The molecule has 1 aliphatic rings. The van der Waals surface area contributed by atoms with Crippen molar-refractivity contribution in [3.05, 3.63) is 0 Å². The van der Waals surface area contributed by atoms with Gasteiger partial charge in [-0.15, -0.1) is 11.6 Å². The number of alkyl halides is 1. The van der Waals surface area contributed by atoms with Crippen LogP contribution in [0, 0.1) is 0 Å². The molecule has 0 aliphatic carbocycles. The summed E-state index contributed by atoms with van der Waals surface area (Å²) in [4.78, 5) is 12.5. The first-order chi connectivity index (χ1) is 5.70. The summed E-state index contributed by atoms with van der Waals surface area (Å²) in [5.74, 6) is -0.915. The van der Waals surface area contributed by atoms with Gasteiger partial charge in [0.1, 0.15) is 5.38 Å². The molecule has 1 unspecified atom stereocenters. The molecule has 1 aliphatic heterocycles. The first-order valence-corrected chi connectivity index (χ1v) is 4.73. The molecule has 0 spiro atoms. The first kappa shape index (κ1) is 9.81. The van der Waals surface area contributed by atoms with Gasteiger partial charge in [0, 0.05) is 6.54 Å². The van der Waals surface area contributed by atoms with Crippen LogP contribution in [0.3, 0.4) is 0 Å². The minimum atomic E-state index is -0.915. The van der Waals surface area contributed by atoms with E-state index < -0.39 is 11.3 Å². The molecular formula is C8H14ClNO2. The molecule has 1 fully saturated rings. The maximum atomic E-state index is 10.4. The highest BCUT2D eigenvalue weighted by Gasteiger charge is 2.19. The van der Waals surface area contributed by atoms with Gasteiger partial charge < -0.3 is 10.0 Å². The minimum absolute atomic E-state index is 0.483. The Morgan fingerprint density at radius 1 is 1.42 bits per heavy atom. The van der Waals surface area contributed by atoms with E-state index in [4.69, 9.17) is 16.7 Å². The first-order valence-electron chi connectivity index (χ1n) is 4.29. The van der Waals surface area contributed by atoms with E-state index in [0.29, 0.717) is 6.54 Å². The van der Waals surface area contributed by atoms with E-state index in [1.54, 1.807) is 0 Å². The third-order valence-corrected chi connectivity index (χ3v) is 2.46. The number of hydrogen-bond acceptors (Lipinski definition) is 2. The number of carboxylic acid groups (broad SMARTS) is 1. The zero-order valence-corrected chi connectivity index (χ0v) is 7.76. The zero-order valence-electron chi connectivity index (χ0n) is 7.00. The van der Waals surface area contributed by atoms with Gasteiger partial charge in [-0.2, -0.15) is 0 Å². The molecule has 0 aromatic rings. The van der Waals surface area contributed by atoms with E-state index in [-0.39, 0.29) is 0 Å². The second-order valence-corrected chi connectivity index (χ2v) is 3.69. The average Bonchev–Trinajstić information content (AvgIpc) is 2.06. The van der Waals surface area contributed by atoms with Crippen molar-refractivity contribution in [2.75, 3.05) is 19.6 Å². The Bertz CT molecular complexity index is 157. The molecule has 70 valence electrons. The van der Waals surface area contributed by atoms with Crippen LogP contribution in [0.1, 0.15) is 19.3 Å². The molecule has 0 amide bonds. The normalized spacial score (nSPS) is 22.1. The Morgan fingerprint density at radius 2 is 2.00 bits per heavy atom. The lowest BCUT2D eigenvalue weighted by Gasteiger charge is -2.26. The molecule has 1 heterocycles. The second kappa shape index (κ2) is 4.67. The van der Waals surface area contributed by atoms with E-state index >= 15 is 0 Å². The maximum Gasteiger partial charge on any atom is 0.322 e. The molecule has 1 atom stereocenters. The van der Waals surface area contributed by atoms with Crippen molar-refractivity contribution in [2.45, 2.75) is 24.6 Å². The number of aliphatic carboxylic acids is 1. The molecule has 0 aromatic heterocycles. The van der Waals surface area contributed by atoms with Gasteiger partial charge in [-0.1, -0.05) is 6.42 Å². The van der Waals surface area contributed by atoms with E-state index in [9.17, 15) is 4.79 Å². The number of carbonyl (C=O) groups is 1. The summed E-state index contributed by atoms with van der Waals surface area (Å²) in [7, 11) is 0. The summed E-state index contributed by atoms with van der Waals surface area (Å²) in [5, 5.41) is 7.81. The van der Waals surface area contributed by atoms with Crippen molar-refractivity contribution in [1.82, 2.24) is 4.90 Å². The smallest absolute Gasteiger partial charge is 0.322 e. The molecule has 4 heteroatoms. The van der Waals surface area contributed by atoms with Gasteiger partial charge in [0.2, 0.25) is 0 Å². The van der Waals surface area contributed by atoms with Crippen molar-refractivity contribution < 1.29 is 9.90 Å². The third kappa shape index (κ3) is 2.99. The van der Waals surface area contributed by atoms with E-state index in [0.717, 1.165) is 13.1 Å². The molecule has 3 nitrogen and oxygen atoms in total. The second-order valence-electron chi connectivity index (χ2n) is 3.17. The predicted molar refractivity (Wildman–Crippen MR) is 47.6 cm³/mol. The largest absolute Gasteiger partial charge is 0.480 e. The van der Waals surface area contributed by atoms with Crippen molar-refractivity contribution in [3.8, 4) is 0 Å². The fraction of sp³-hybridized carbons (Fsp3) is 0.875. The lowest BCUT2D eigenvalue weighted by Crippen LogP contribution is -2.37. The van der Waals surface area contributed by atoms with Crippen LogP contribution in [0.25, 0.3) is 0 Å². The standard InChI is InChI=1S/C8H14ClNO2/c9-7(8(11)12)6-10-4-2-1-3-5-10/h7H,1-6H2,(H,11,12). The molecule has 0 radical (unpaired) electrons.